The normalized spacial score (nSPS) is 14.0. The van der Waals surface area contributed by atoms with Crippen molar-refractivity contribution in [3.05, 3.63) is 47.2 Å². The number of rotatable bonds is 6. The monoisotopic (exact) mass is 294 g/mol. The van der Waals surface area contributed by atoms with Crippen LogP contribution in [0.25, 0.3) is 0 Å². The van der Waals surface area contributed by atoms with Crippen molar-refractivity contribution >= 4 is 11.6 Å². The molecular weight excluding hydrogens is 276 g/mol. The van der Waals surface area contributed by atoms with Gasteiger partial charge in [-0.1, -0.05) is 24.6 Å². The third-order valence-corrected chi connectivity index (χ3v) is 3.25. The first-order valence-electron chi connectivity index (χ1n) is 6.72. The zero-order valence-electron chi connectivity index (χ0n) is 11.7. The Labute approximate surface area is 123 Å². The number of aromatic nitrogens is 2. The second-order valence-electron chi connectivity index (χ2n) is 4.76. The van der Waals surface area contributed by atoms with Crippen LogP contribution in [-0.4, -0.2) is 21.0 Å². The van der Waals surface area contributed by atoms with Crippen molar-refractivity contribution in [2.24, 2.45) is 0 Å². The van der Waals surface area contributed by atoms with E-state index in [2.05, 4.69) is 12.0 Å². The van der Waals surface area contributed by atoms with Crippen LogP contribution in [0.4, 0.5) is 0 Å². The molecule has 0 radical (unpaired) electrons. The summed E-state index contributed by atoms with van der Waals surface area (Å²) in [5.74, 6) is 0.644. The quantitative estimate of drug-likeness (QED) is 0.887. The summed E-state index contributed by atoms with van der Waals surface area (Å²) in [6, 6.07) is 7.14. The molecule has 0 aliphatic heterocycles. The average Bonchev–Trinajstić information content (AvgIpc) is 2.87. The predicted molar refractivity (Wildman–Crippen MR) is 79.0 cm³/mol. The van der Waals surface area contributed by atoms with E-state index in [1.54, 1.807) is 18.3 Å². The van der Waals surface area contributed by atoms with Gasteiger partial charge in [0, 0.05) is 23.3 Å². The van der Waals surface area contributed by atoms with Gasteiger partial charge in [0.25, 0.3) is 0 Å². The highest BCUT2D eigenvalue weighted by Crippen LogP contribution is 2.23. The SMILES string of the molecule is CCCn1cc(C(O)C(C)Oc2cccc(Cl)c2)cn1. The Morgan fingerprint density at radius 1 is 1.45 bits per heavy atom. The first-order chi connectivity index (χ1) is 9.60. The van der Waals surface area contributed by atoms with Crippen LogP contribution in [0.5, 0.6) is 5.75 Å². The van der Waals surface area contributed by atoms with Gasteiger partial charge >= 0.3 is 0 Å². The van der Waals surface area contributed by atoms with E-state index in [1.807, 2.05) is 29.9 Å². The number of ether oxygens (including phenoxy) is 1. The summed E-state index contributed by atoms with van der Waals surface area (Å²) in [6.07, 6.45) is 3.43. The molecule has 0 bridgehead atoms. The number of nitrogens with zero attached hydrogens (tertiary/aromatic N) is 2. The molecule has 1 aromatic heterocycles. The van der Waals surface area contributed by atoms with Gasteiger partial charge in [-0.05, 0) is 31.5 Å². The highest BCUT2D eigenvalue weighted by atomic mass is 35.5. The van der Waals surface area contributed by atoms with E-state index in [-0.39, 0.29) is 6.10 Å². The number of hydrogen-bond acceptors (Lipinski definition) is 3. The maximum atomic E-state index is 10.3. The standard InChI is InChI=1S/C15H19ClN2O2/c1-3-7-18-10-12(9-17-18)15(19)11(2)20-14-6-4-5-13(16)8-14/h4-6,8-11,15,19H,3,7H2,1-2H3. The second-order valence-corrected chi connectivity index (χ2v) is 5.20. The molecule has 20 heavy (non-hydrogen) atoms. The van der Waals surface area contributed by atoms with Gasteiger partial charge in [0.1, 0.15) is 18.0 Å². The number of aryl methyl sites for hydroxylation is 1. The van der Waals surface area contributed by atoms with Gasteiger partial charge < -0.3 is 9.84 Å². The van der Waals surface area contributed by atoms with E-state index < -0.39 is 6.10 Å². The molecule has 0 aliphatic rings. The molecule has 0 spiro atoms. The zero-order valence-corrected chi connectivity index (χ0v) is 12.4. The lowest BCUT2D eigenvalue weighted by molar-refractivity contribution is 0.0467. The zero-order chi connectivity index (χ0) is 14.5. The smallest absolute Gasteiger partial charge is 0.126 e. The van der Waals surface area contributed by atoms with Crippen molar-refractivity contribution in [3.63, 3.8) is 0 Å². The van der Waals surface area contributed by atoms with Gasteiger partial charge in [0.05, 0.1) is 6.20 Å². The molecule has 5 heteroatoms. The number of aliphatic hydroxyl groups excluding tert-OH is 1. The third-order valence-electron chi connectivity index (χ3n) is 3.01. The Kier molecular flexibility index (Phi) is 5.04. The summed E-state index contributed by atoms with van der Waals surface area (Å²) in [5.41, 5.74) is 0.757. The average molecular weight is 295 g/mol. The van der Waals surface area contributed by atoms with Crippen molar-refractivity contribution in [1.82, 2.24) is 9.78 Å². The summed E-state index contributed by atoms with van der Waals surface area (Å²) in [7, 11) is 0. The Bertz CT molecular complexity index is 556. The molecule has 2 unspecified atom stereocenters. The van der Waals surface area contributed by atoms with Gasteiger partial charge in [-0.25, -0.2) is 0 Å². The highest BCUT2D eigenvalue weighted by Gasteiger charge is 2.19. The molecule has 108 valence electrons. The molecule has 0 saturated carbocycles. The number of benzene rings is 1. The molecule has 1 heterocycles. The lowest BCUT2D eigenvalue weighted by Gasteiger charge is -2.19. The highest BCUT2D eigenvalue weighted by molar-refractivity contribution is 6.30. The van der Waals surface area contributed by atoms with Crippen molar-refractivity contribution in [2.75, 3.05) is 0 Å². The van der Waals surface area contributed by atoms with Gasteiger partial charge in [0.2, 0.25) is 0 Å². The summed E-state index contributed by atoms with van der Waals surface area (Å²) < 4.78 is 7.53. The summed E-state index contributed by atoms with van der Waals surface area (Å²) in [6.45, 7) is 4.75. The lowest BCUT2D eigenvalue weighted by atomic mass is 10.1. The third kappa shape index (κ3) is 3.74. The number of halogens is 1. The molecule has 2 aromatic rings. The largest absolute Gasteiger partial charge is 0.488 e. The van der Waals surface area contributed by atoms with Crippen LogP contribution < -0.4 is 4.74 Å². The molecule has 0 saturated heterocycles. The summed E-state index contributed by atoms with van der Waals surface area (Å²) in [4.78, 5) is 0. The van der Waals surface area contributed by atoms with E-state index >= 15 is 0 Å². The second kappa shape index (κ2) is 6.77. The van der Waals surface area contributed by atoms with Crippen molar-refractivity contribution in [3.8, 4) is 5.75 Å². The molecule has 0 aliphatic carbocycles. The Morgan fingerprint density at radius 2 is 2.25 bits per heavy atom. The van der Waals surface area contributed by atoms with E-state index in [0.29, 0.717) is 10.8 Å². The lowest BCUT2D eigenvalue weighted by Crippen LogP contribution is -2.21. The Morgan fingerprint density at radius 3 is 2.95 bits per heavy atom. The predicted octanol–water partition coefficient (Wildman–Crippen LogP) is 3.45. The Hall–Kier alpha value is -1.52. The van der Waals surface area contributed by atoms with Crippen LogP contribution in [0.1, 0.15) is 31.9 Å². The fourth-order valence-electron chi connectivity index (χ4n) is 1.97. The molecule has 4 nitrogen and oxygen atoms in total. The van der Waals surface area contributed by atoms with Crippen molar-refractivity contribution < 1.29 is 9.84 Å². The van der Waals surface area contributed by atoms with E-state index in [0.717, 1.165) is 18.5 Å². The molecule has 1 N–H and O–H groups in total. The van der Waals surface area contributed by atoms with Crippen molar-refractivity contribution in [1.29, 1.82) is 0 Å². The van der Waals surface area contributed by atoms with Gasteiger partial charge in [-0.3, -0.25) is 4.68 Å². The minimum absolute atomic E-state index is 0.382. The number of aliphatic hydroxyl groups is 1. The van der Waals surface area contributed by atoms with Crippen LogP contribution in [0, 0.1) is 0 Å². The maximum absolute atomic E-state index is 10.3. The Balaban J connectivity index is 2.02. The van der Waals surface area contributed by atoms with Crippen molar-refractivity contribution in [2.45, 2.75) is 39.0 Å². The fraction of sp³-hybridized carbons (Fsp3) is 0.400. The van der Waals surface area contributed by atoms with Gasteiger partial charge in [-0.15, -0.1) is 0 Å². The minimum Gasteiger partial charge on any atom is -0.488 e. The van der Waals surface area contributed by atoms with E-state index in [4.69, 9.17) is 16.3 Å². The molecule has 0 amide bonds. The van der Waals surface area contributed by atoms with Gasteiger partial charge in [0.15, 0.2) is 0 Å². The van der Waals surface area contributed by atoms with Gasteiger partial charge in [-0.2, -0.15) is 5.10 Å². The van der Waals surface area contributed by atoms with E-state index in [1.165, 1.54) is 0 Å². The van der Waals surface area contributed by atoms with Crippen LogP contribution >= 0.6 is 11.6 Å². The van der Waals surface area contributed by atoms with Crippen LogP contribution in [0.15, 0.2) is 36.7 Å². The maximum Gasteiger partial charge on any atom is 0.126 e. The molecule has 2 atom stereocenters. The van der Waals surface area contributed by atoms with E-state index in [9.17, 15) is 5.11 Å². The number of hydrogen-bond donors (Lipinski definition) is 1. The van der Waals surface area contributed by atoms with Crippen LogP contribution in [0.2, 0.25) is 5.02 Å². The topological polar surface area (TPSA) is 47.3 Å². The molecule has 0 fully saturated rings. The fourth-order valence-corrected chi connectivity index (χ4v) is 2.15. The minimum atomic E-state index is -0.723. The molecule has 1 aromatic carbocycles. The van der Waals surface area contributed by atoms with Crippen LogP contribution in [0.3, 0.4) is 0 Å². The first kappa shape index (κ1) is 14.9. The summed E-state index contributed by atoms with van der Waals surface area (Å²) in [5, 5.41) is 15.1. The molecule has 2 rings (SSSR count). The van der Waals surface area contributed by atoms with Crippen LogP contribution in [-0.2, 0) is 6.54 Å². The molecular formula is C15H19ClN2O2. The summed E-state index contributed by atoms with van der Waals surface area (Å²) >= 11 is 5.91. The first-order valence-corrected chi connectivity index (χ1v) is 7.10.